The normalized spacial score (nSPS) is 25.8. The summed E-state index contributed by atoms with van der Waals surface area (Å²) in [5.74, 6) is 0.790. The van der Waals surface area contributed by atoms with Crippen molar-refractivity contribution in [2.45, 2.75) is 63.0 Å². The molecule has 2 nitrogen and oxygen atoms in total. The van der Waals surface area contributed by atoms with Crippen LogP contribution >= 0.6 is 0 Å². The lowest BCUT2D eigenvalue weighted by Gasteiger charge is -2.28. The van der Waals surface area contributed by atoms with Crippen molar-refractivity contribution in [2.24, 2.45) is 5.73 Å². The molecule has 1 heterocycles. The van der Waals surface area contributed by atoms with Gasteiger partial charge in [0.2, 0.25) is 0 Å². The van der Waals surface area contributed by atoms with Gasteiger partial charge in [0.15, 0.2) is 0 Å². The molecule has 0 spiro atoms. The summed E-state index contributed by atoms with van der Waals surface area (Å²) in [6, 6.07) is 9.07. The van der Waals surface area contributed by atoms with Crippen molar-refractivity contribution in [3.63, 3.8) is 0 Å². The van der Waals surface area contributed by atoms with Crippen molar-refractivity contribution < 1.29 is 4.74 Å². The van der Waals surface area contributed by atoms with Crippen molar-refractivity contribution in [3.8, 4) is 0 Å². The number of benzene rings is 1. The zero-order valence-electron chi connectivity index (χ0n) is 11.7. The number of hydrogen-bond donors (Lipinski definition) is 1. The maximum absolute atomic E-state index is 6.37. The quantitative estimate of drug-likeness (QED) is 0.889. The first kappa shape index (κ1) is 13.1. The predicted molar refractivity (Wildman–Crippen MR) is 78.2 cm³/mol. The Bertz CT molecular complexity index is 407. The number of rotatable bonds is 4. The van der Waals surface area contributed by atoms with E-state index in [1.165, 1.54) is 49.7 Å². The van der Waals surface area contributed by atoms with Crippen LogP contribution in [0.4, 0.5) is 0 Å². The van der Waals surface area contributed by atoms with Gasteiger partial charge in [0.1, 0.15) is 0 Å². The topological polar surface area (TPSA) is 35.2 Å². The van der Waals surface area contributed by atoms with Crippen LogP contribution in [0.25, 0.3) is 0 Å². The molecule has 1 aromatic carbocycles. The number of ether oxygens (including phenoxy) is 1. The molecule has 0 amide bonds. The highest BCUT2D eigenvalue weighted by molar-refractivity contribution is 5.29. The Morgan fingerprint density at radius 3 is 2.74 bits per heavy atom. The first-order valence-electron chi connectivity index (χ1n) is 7.80. The first-order valence-corrected chi connectivity index (χ1v) is 7.80. The van der Waals surface area contributed by atoms with Crippen molar-refractivity contribution in [2.75, 3.05) is 6.61 Å². The standard InChI is InChI=1S/C17H25NO/c18-17(12-16-9-1-2-10-19-16)15-8-4-7-14(11-15)13-5-3-6-13/h4,7-8,11,13,16-17H,1-3,5-6,9-10,12,18H2. The smallest absolute Gasteiger partial charge is 0.0593 e. The molecule has 2 N–H and O–H groups in total. The average molecular weight is 259 g/mol. The lowest BCUT2D eigenvalue weighted by atomic mass is 9.79. The Kier molecular flexibility index (Phi) is 4.19. The summed E-state index contributed by atoms with van der Waals surface area (Å²) in [6.45, 7) is 0.916. The molecule has 104 valence electrons. The third-order valence-electron chi connectivity index (χ3n) is 4.71. The largest absolute Gasteiger partial charge is 0.378 e. The van der Waals surface area contributed by atoms with Gasteiger partial charge in [-0.2, -0.15) is 0 Å². The molecule has 2 atom stereocenters. The summed E-state index contributed by atoms with van der Waals surface area (Å²) in [5, 5.41) is 0. The molecule has 0 radical (unpaired) electrons. The van der Waals surface area contributed by atoms with Crippen LogP contribution in [0.15, 0.2) is 24.3 Å². The fraction of sp³-hybridized carbons (Fsp3) is 0.647. The molecule has 1 aromatic rings. The van der Waals surface area contributed by atoms with Gasteiger partial charge in [-0.25, -0.2) is 0 Å². The Labute approximate surface area is 116 Å². The summed E-state index contributed by atoms with van der Waals surface area (Å²) < 4.78 is 5.80. The summed E-state index contributed by atoms with van der Waals surface area (Å²) in [6.07, 6.45) is 9.11. The van der Waals surface area contributed by atoms with Crippen LogP contribution in [0, 0.1) is 0 Å². The molecule has 2 fully saturated rings. The van der Waals surface area contributed by atoms with Gasteiger partial charge in [0.05, 0.1) is 6.10 Å². The third-order valence-corrected chi connectivity index (χ3v) is 4.71. The van der Waals surface area contributed by atoms with E-state index in [9.17, 15) is 0 Å². The minimum Gasteiger partial charge on any atom is -0.378 e. The van der Waals surface area contributed by atoms with Gasteiger partial charge < -0.3 is 10.5 Å². The van der Waals surface area contributed by atoms with Crippen molar-refractivity contribution in [1.29, 1.82) is 0 Å². The molecule has 1 aliphatic carbocycles. The molecule has 2 heteroatoms. The lowest BCUT2D eigenvalue weighted by Crippen LogP contribution is -2.25. The molecule has 3 rings (SSSR count). The van der Waals surface area contributed by atoms with Crippen LogP contribution in [0.2, 0.25) is 0 Å². The van der Waals surface area contributed by atoms with Crippen LogP contribution in [0.5, 0.6) is 0 Å². The zero-order chi connectivity index (χ0) is 13.1. The molecule has 19 heavy (non-hydrogen) atoms. The fourth-order valence-corrected chi connectivity index (χ4v) is 3.20. The summed E-state index contributed by atoms with van der Waals surface area (Å²) in [5.41, 5.74) is 9.15. The van der Waals surface area contributed by atoms with Gasteiger partial charge in [-0.1, -0.05) is 30.7 Å². The van der Waals surface area contributed by atoms with E-state index >= 15 is 0 Å². The molecule has 0 aromatic heterocycles. The summed E-state index contributed by atoms with van der Waals surface area (Å²) >= 11 is 0. The minimum absolute atomic E-state index is 0.128. The molecule has 1 saturated heterocycles. The van der Waals surface area contributed by atoms with Gasteiger partial charge in [0.25, 0.3) is 0 Å². The molecule has 1 aliphatic heterocycles. The third kappa shape index (κ3) is 3.18. The molecular weight excluding hydrogens is 234 g/mol. The van der Waals surface area contributed by atoms with E-state index in [1.807, 2.05) is 0 Å². The van der Waals surface area contributed by atoms with Crippen LogP contribution in [0.3, 0.4) is 0 Å². The van der Waals surface area contributed by atoms with Crippen molar-refractivity contribution in [1.82, 2.24) is 0 Å². The van der Waals surface area contributed by atoms with Crippen LogP contribution in [0.1, 0.15) is 68.0 Å². The van der Waals surface area contributed by atoms with E-state index in [-0.39, 0.29) is 6.04 Å². The van der Waals surface area contributed by atoms with E-state index < -0.39 is 0 Å². The Balaban J connectivity index is 1.63. The number of nitrogens with two attached hydrogens (primary N) is 1. The SMILES string of the molecule is NC(CC1CCCCO1)c1cccc(C2CCC2)c1. The van der Waals surface area contributed by atoms with Gasteiger partial charge in [-0.3, -0.25) is 0 Å². The Morgan fingerprint density at radius 1 is 1.16 bits per heavy atom. The molecular formula is C17H25NO. The summed E-state index contributed by atoms with van der Waals surface area (Å²) in [4.78, 5) is 0. The molecule has 2 unspecified atom stereocenters. The van der Waals surface area contributed by atoms with E-state index in [1.54, 1.807) is 0 Å². The maximum Gasteiger partial charge on any atom is 0.0593 e. The van der Waals surface area contributed by atoms with E-state index in [0.29, 0.717) is 6.10 Å². The van der Waals surface area contributed by atoms with E-state index in [2.05, 4.69) is 24.3 Å². The Morgan fingerprint density at radius 2 is 2.05 bits per heavy atom. The van der Waals surface area contributed by atoms with E-state index in [4.69, 9.17) is 10.5 Å². The van der Waals surface area contributed by atoms with Crippen LogP contribution < -0.4 is 5.73 Å². The predicted octanol–water partition coefficient (Wildman–Crippen LogP) is 3.91. The molecule has 2 aliphatic rings. The zero-order valence-corrected chi connectivity index (χ0v) is 11.7. The monoisotopic (exact) mass is 259 g/mol. The van der Waals surface area contributed by atoms with Gasteiger partial charge >= 0.3 is 0 Å². The van der Waals surface area contributed by atoms with Crippen molar-refractivity contribution >= 4 is 0 Å². The first-order chi connectivity index (χ1) is 9.33. The molecule has 1 saturated carbocycles. The average Bonchev–Trinajstić information content (AvgIpc) is 2.38. The fourth-order valence-electron chi connectivity index (χ4n) is 3.20. The molecule has 0 bridgehead atoms. The number of hydrogen-bond acceptors (Lipinski definition) is 2. The lowest BCUT2D eigenvalue weighted by molar-refractivity contribution is 0.00729. The van der Waals surface area contributed by atoms with Gasteiger partial charge in [-0.15, -0.1) is 0 Å². The van der Waals surface area contributed by atoms with E-state index in [0.717, 1.165) is 18.9 Å². The highest BCUT2D eigenvalue weighted by atomic mass is 16.5. The second-order valence-electron chi connectivity index (χ2n) is 6.13. The highest BCUT2D eigenvalue weighted by Crippen LogP contribution is 2.37. The van der Waals surface area contributed by atoms with Gasteiger partial charge in [-0.05, 0) is 55.6 Å². The highest BCUT2D eigenvalue weighted by Gasteiger charge is 2.22. The minimum atomic E-state index is 0.128. The second-order valence-corrected chi connectivity index (χ2v) is 6.13. The second kappa shape index (κ2) is 6.06. The maximum atomic E-state index is 6.37. The van der Waals surface area contributed by atoms with Gasteiger partial charge in [0, 0.05) is 12.6 Å². The van der Waals surface area contributed by atoms with Crippen molar-refractivity contribution in [3.05, 3.63) is 35.4 Å². The summed E-state index contributed by atoms with van der Waals surface area (Å²) in [7, 11) is 0. The van der Waals surface area contributed by atoms with Crippen LogP contribution in [-0.4, -0.2) is 12.7 Å². The van der Waals surface area contributed by atoms with Crippen LogP contribution in [-0.2, 0) is 4.74 Å². The Hall–Kier alpha value is -0.860.